The number of pyridine rings is 1. The molecule has 0 unspecified atom stereocenters. The van der Waals surface area contributed by atoms with Crippen LogP contribution in [-0.4, -0.2) is 35.4 Å². The molecule has 2 aromatic rings. The lowest BCUT2D eigenvalue weighted by Gasteiger charge is -2.25. The number of anilines is 1. The molecule has 1 aliphatic heterocycles. The summed E-state index contributed by atoms with van der Waals surface area (Å²) in [6.07, 6.45) is 4.74. The molecule has 3 rings (SSSR count). The monoisotopic (exact) mass is 327 g/mol. The number of carbonyl (C=O) groups is 1. The Hall–Kier alpha value is -2.17. The molecular formula is C18H18ClN3O. The maximum atomic E-state index is 12.1. The third-order valence-electron chi connectivity index (χ3n) is 3.84. The number of carbonyl (C=O) groups excluding carboxylic acids is 1. The third-order valence-corrected chi connectivity index (χ3v) is 4.14. The first-order valence-electron chi connectivity index (χ1n) is 7.59. The number of benzene rings is 1. The minimum atomic E-state index is -0.0727. The quantitative estimate of drug-likeness (QED) is 0.875. The Labute approximate surface area is 140 Å². The molecule has 1 aromatic carbocycles. The molecule has 1 amide bonds. The van der Waals surface area contributed by atoms with E-state index in [9.17, 15) is 4.79 Å². The molecule has 0 atom stereocenters. The number of amides is 1. The second-order valence-corrected chi connectivity index (χ2v) is 5.83. The second-order valence-electron chi connectivity index (χ2n) is 5.47. The van der Waals surface area contributed by atoms with Gasteiger partial charge in [-0.25, -0.2) is 4.98 Å². The molecule has 0 fully saturated rings. The predicted molar refractivity (Wildman–Crippen MR) is 93.4 cm³/mol. The molecule has 23 heavy (non-hydrogen) atoms. The molecule has 2 heterocycles. The van der Waals surface area contributed by atoms with Crippen LogP contribution in [0.3, 0.4) is 0 Å². The van der Waals surface area contributed by atoms with Gasteiger partial charge in [0.05, 0.1) is 12.2 Å². The van der Waals surface area contributed by atoms with Crippen LogP contribution in [0.1, 0.15) is 12.0 Å². The van der Waals surface area contributed by atoms with Crippen LogP contribution in [0.15, 0.2) is 54.7 Å². The highest BCUT2D eigenvalue weighted by Crippen LogP contribution is 2.22. The Kier molecular flexibility index (Phi) is 5.05. The second kappa shape index (κ2) is 7.40. The highest BCUT2D eigenvalue weighted by atomic mass is 35.5. The average molecular weight is 328 g/mol. The van der Waals surface area contributed by atoms with Crippen molar-refractivity contribution in [2.45, 2.75) is 6.42 Å². The van der Waals surface area contributed by atoms with Crippen LogP contribution in [0.2, 0.25) is 5.15 Å². The largest absolute Gasteiger partial charge is 0.322 e. The van der Waals surface area contributed by atoms with Crippen LogP contribution < -0.4 is 5.32 Å². The van der Waals surface area contributed by atoms with Crippen LogP contribution in [0.5, 0.6) is 0 Å². The number of hydrogen-bond donors (Lipinski definition) is 1. The number of nitrogens with zero attached hydrogens (tertiary/aromatic N) is 2. The maximum Gasteiger partial charge on any atom is 0.238 e. The van der Waals surface area contributed by atoms with E-state index in [-0.39, 0.29) is 5.91 Å². The fourth-order valence-electron chi connectivity index (χ4n) is 2.64. The van der Waals surface area contributed by atoms with Crippen molar-refractivity contribution in [3.8, 4) is 0 Å². The smallest absolute Gasteiger partial charge is 0.238 e. The molecule has 4 nitrogen and oxygen atoms in total. The van der Waals surface area contributed by atoms with Crippen LogP contribution >= 0.6 is 11.6 Å². The molecule has 0 spiro atoms. The number of nitrogens with one attached hydrogen (secondary N) is 1. The minimum Gasteiger partial charge on any atom is -0.322 e. The van der Waals surface area contributed by atoms with E-state index in [0.29, 0.717) is 17.4 Å². The first kappa shape index (κ1) is 15.7. The topological polar surface area (TPSA) is 45.2 Å². The van der Waals surface area contributed by atoms with Gasteiger partial charge in [0.15, 0.2) is 5.15 Å². The third kappa shape index (κ3) is 4.18. The summed E-state index contributed by atoms with van der Waals surface area (Å²) in [4.78, 5) is 18.2. The van der Waals surface area contributed by atoms with Crippen molar-refractivity contribution >= 4 is 28.8 Å². The minimum absolute atomic E-state index is 0.0727. The molecule has 118 valence electrons. The van der Waals surface area contributed by atoms with Crippen molar-refractivity contribution in [3.05, 3.63) is 65.5 Å². The highest BCUT2D eigenvalue weighted by molar-refractivity contribution is 6.32. The zero-order chi connectivity index (χ0) is 16.1. The van der Waals surface area contributed by atoms with Crippen LogP contribution in [0, 0.1) is 0 Å². The normalized spacial score (nSPS) is 15.1. The van der Waals surface area contributed by atoms with Crippen molar-refractivity contribution in [3.63, 3.8) is 0 Å². The van der Waals surface area contributed by atoms with Gasteiger partial charge in [-0.3, -0.25) is 9.69 Å². The molecule has 1 aromatic heterocycles. The Bertz CT molecular complexity index is 715. The molecule has 0 saturated heterocycles. The first-order chi connectivity index (χ1) is 11.2. The van der Waals surface area contributed by atoms with Crippen molar-refractivity contribution in [1.29, 1.82) is 0 Å². The molecule has 0 aliphatic carbocycles. The van der Waals surface area contributed by atoms with E-state index in [1.165, 1.54) is 11.1 Å². The Balaban J connectivity index is 1.55. The van der Waals surface area contributed by atoms with Gasteiger partial charge in [0.1, 0.15) is 0 Å². The fourth-order valence-corrected chi connectivity index (χ4v) is 2.81. The standard InChI is InChI=1S/C18H18ClN3O/c19-18-16(7-4-10-20-18)21-17(23)13-22-11-8-15(9-12-22)14-5-2-1-3-6-14/h1-8,10H,9,11-13H2,(H,21,23). The van der Waals surface area contributed by atoms with Gasteiger partial charge in [0, 0.05) is 19.3 Å². The van der Waals surface area contributed by atoms with Gasteiger partial charge in [-0.15, -0.1) is 0 Å². The summed E-state index contributed by atoms with van der Waals surface area (Å²) in [6, 6.07) is 13.9. The summed E-state index contributed by atoms with van der Waals surface area (Å²) in [5, 5.41) is 3.12. The van der Waals surface area contributed by atoms with Crippen LogP contribution in [-0.2, 0) is 4.79 Å². The zero-order valence-corrected chi connectivity index (χ0v) is 13.5. The molecule has 0 saturated carbocycles. The van der Waals surface area contributed by atoms with Gasteiger partial charge in [-0.2, -0.15) is 0 Å². The predicted octanol–water partition coefficient (Wildman–Crippen LogP) is 3.46. The molecule has 5 heteroatoms. The first-order valence-corrected chi connectivity index (χ1v) is 7.97. The van der Waals surface area contributed by atoms with E-state index in [1.54, 1.807) is 18.3 Å². The Morgan fingerprint density at radius 2 is 2.04 bits per heavy atom. The summed E-state index contributed by atoms with van der Waals surface area (Å²) in [5.41, 5.74) is 3.16. The van der Waals surface area contributed by atoms with Gasteiger partial charge in [0.25, 0.3) is 0 Å². The number of halogens is 1. The zero-order valence-electron chi connectivity index (χ0n) is 12.7. The number of rotatable bonds is 4. The van der Waals surface area contributed by atoms with Crippen molar-refractivity contribution < 1.29 is 4.79 Å². The van der Waals surface area contributed by atoms with Gasteiger partial charge < -0.3 is 5.32 Å². The Morgan fingerprint density at radius 3 is 2.74 bits per heavy atom. The van der Waals surface area contributed by atoms with E-state index in [4.69, 9.17) is 11.6 Å². The summed E-state index contributed by atoms with van der Waals surface area (Å²) >= 11 is 5.95. The van der Waals surface area contributed by atoms with Crippen molar-refractivity contribution in [2.75, 3.05) is 25.0 Å². The molecule has 0 bridgehead atoms. The van der Waals surface area contributed by atoms with Gasteiger partial charge in [0.2, 0.25) is 5.91 Å². The Morgan fingerprint density at radius 1 is 1.22 bits per heavy atom. The molecule has 1 N–H and O–H groups in total. The summed E-state index contributed by atoms with van der Waals surface area (Å²) in [5.74, 6) is -0.0727. The highest BCUT2D eigenvalue weighted by Gasteiger charge is 2.16. The van der Waals surface area contributed by atoms with E-state index in [2.05, 4.69) is 33.4 Å². The van der Waals surface area contributed by atoms with E-state index < -0.39 is 0 Å². The molecular weight excluding hydrogens is 310 g/mol. The van der Waals surface area contributed by atoms with E-state index >= 15 is 0 Å². The van der Waals surface area contributed by atoms with Gasteiger partial charge in [-0.1, -0.05) is 48.0 Å². The summed E-state index contributed by atoms with van der Waals surface area (Å²) in [6.45, 7) is 2.00. The summed E-state index contributed by atoms with van der Waals surface area (Å²) in [7, 11) is 0. The lowest BCUT2D eigenvalue weighted by molar-refractivity contribution is -0.117. The lowest BCUT2D eigenvalue weighted by Crippen LogP contribution is -2.36. The van der Waals surface area contributed by atoms with Crippen LogP contribution in [0.4, 0.5) is 5.69 Å². The van der Waals surface area contributed by atoms with E-state index in [1.807, 2.05) is 18.2 Å². The van der Waals surface area contributed by atoms with Crippen molar-refractivity contribution in [1.82, 2.24) is 9.88 Å². The summed E-state index contributed by atoms with van der Waals surface area (Å²) < 4.78 is 0. The van der Waals surface area contributed by atoms with Crippen molar-refractivity contribution in [2.24, 2.45) is 0 Å². The fraction of sp³-hybridized carbons (Fsp3) is 0.222. The number of hydrogen-bond acceptors (Lipinski definition) is 3. The van der Waals surface area contributed by atoms with E-state index in [0.717, 1.165) is 19.5 Å². The average Bonchev–Trinajstić information content (AvgIpc) is 2.58. The lowest BCUT2D eigenvalue weighted by atomic mass is 10.00. The van der Waals surface area contributed by atoms with Gasteiger partial charge in [-0.05, 0) is 29.7 Å². The number of aromatic nitrogens is 1. The van der Waals surface area contributed by atoms with Crippen LogP contribution in [0.25, 0.3) is 5.57 Å². The SMILES string of the molecule is O=C(CN1CC=C(c2ccccc2)CC1)Nc1cccnc1Cl. The molecule has 1 aliphatic rings. The maximum absolute atomic E-state index is 12.1. The molecule has 0 radical (unpaired) electrons. The van der Waals surface area contributed by atoms with Gasteiger partial charge >= 0.3 is 0 Å².